The number of hydrogen-bond acceptors (Lipinski definition) is 2. The minimum atomic E-state index is -0.121. The molecule has 2 N–H and O–H groups in total. The monoisotopic (exact) mass is 227 g/mol. The molecule has 3 heteroatoms. The van der Waals surface area contributed by atoms with Gasteiger partial charge in [0.2, 0.25) is 5.91 Å². The number of hydrogen-bond donors (Lipinski definition) is 2. The van der Waals surface area contributed by atoms with Gasteiger partial charge in [-0.3, -0.25) is 4.79 Å². The first-order valence-corrected chi connectivity index (χ1v) is 6.63. The maximum absolute atomic E-state index is 11.8. The Morgan fingerprint density at radius 3 is 2.62 bits per heavy atom. The van der Waals surface area contributed by atoms with Crippen LogP contribution < -0.4 is 5.32 Å². The van der Waals surface area contributed by atoms with Crippen molar-refractivity contribution in [3.8, 4) is 0 Å². The molecule has 16 heavy (non-hydrogen) atoms. The number of nitrogens with one attached hydrogen (secondary N) is 1. The smallest absolute Gasteiger partial charge is 0.223 e. The molecule has 0 bridgehead atoms. The van der Waals surface area contributed by atoms with Gasteiger partial charge in [-0.25, -0.2) is 0 Å². The van der Waals surface area contributed by atoms with Gasteiger partial charge in [0, 0.05) is 12.5 Å². The highest BCUT2D eigenvalue weighted by atomic mass is 16.3. The van der Waals surface area contributed by atoms with Gasteiger partial charge in [0.15, 0.2) is 0 Å². The summed E-state index contributed by atoms with van der Waals surface area (Å²) >= 11 is 0. The molecule has 1 aliphatic carbocycles. The lowest BCUT2D eigenvalue weighted by atomic mass is 9.82. The molecule has 1 rings (SSSR count). The molecular weight excluding hydrogens is 202 g/mol. The first kappa shape index (κ1) is 13.5. The third kappa shape index (κ3) is 4.12. The van der Waals surface area contributed by atoms with Gasteiger partial charge in [-0.2, -0.15) is 0 Å². The van der Waals surface area contributed by atoms with Crippen LogP contribution in [0.15, 0.2) is 0 Å². The van der Waals surface area contributed by atoms with Gasteiger partial charge in [-0.1, -0.05) is 26.7 Å². The Morgan fingerprint density at radius 2 is 2.12 bits per heavy atom. The van der Waals surface area contributed by atoms with Crippen molar-refractivity contribution >= 4 is 5.91 Å². The van der Waals surface area contributed by atoms with Gasteiger partial charge < -0.3 is 10.4 Å². The zero-order chi connectivity index (χ0) is 12.0. The Labute approximate surface area is 98.6 Å². The fourth-order valence-electron chi connectivity index (χ4n) is 2.23. The summed E-state index contributed by atoms with van der Waals surface area (Å²) in [6, 6.07) is 0. The second-order valence-corrected chi connectivity index (χ2v) is 4.98. The summed E-state index contributed by atoms with van der Waals surface area (Å²) in [4.78, 5) is 11.8. The van der Waals surface area contributed by atoms with E-state index in [-0.39, 0.29) is 17.9 Å². The number of carbonyl (C=O) groups is 1. The number of aliphatic hydroxyl groups excluding tert-OH is 1. The highest BCUT2D eigenvalue weighted by Crippen LogP contribution is 2.26. The summed E-state index contributed by atoms with van der Waals surface area (Å²) in [6.07, 6.45) is 5.81. The van der Waals surface area contributed by atoms with Crippen molar-refractivity contribution in [3.63, 3.8) is 0 Å². The summed E-state index contributed by atoms with van der Waals surface area (Å²) in [5.74, 6) is 0.893. The highest BCUT2D eigenvalue weighted by molar-refractivity contribution is 5.78. The maximum Gasteiger partial charge on any atom is 0.223 e. The van der Waals surface area contributed by atoms with Gasteiger partial charge in [0.1, 0.15) is 0 Å². The van der Waals surface area contributed by atoms with E-state index in [4.69, 9.17) is 5.11 Å². The quantitative estimate of drug-likeness (QED) is 0.699. The van der Waals surface area contributed by atoms with Crippen LogP contribution >= 0.6 is 0 Å². The standard InChI is InChI=1S/C13H25NO2/c1-3-5-6-11(4-2)13(16)14-9-10-7-12(15)8-10/h10-12,15H,3-9H2,1-2H3,(H,14,16). The molecule has 1 amide bonds. The SMILES string of the molecule is CCCCC(CC)C(=O)NCC1CC(O)C1. The molecule has 94 valence electrons. The largest absolute Gasteiger partial charge is 0.393 e. The Hall–Kier alpha value is -0.570. The topological polar surface area (TPSA) is 49.3 Å². The number of rotatable bonds is 7. The van der Waals surface area contributed by atoms with Crippen molar-refractivity contribution in [3.05, 3.63) is 0 Å². The van der Waals surface area contributed by atoms with Crippen LogP contribution in [0.1, 0.15) is 52.4 Å². The fourth-order valence-corrected chi connectivity index (χ4v) is 2.23. The van der Waals surface area contributed by atoms with Crippen LogP contribution in [0.2, 0.25) is 0 Å². The second-order valence-electron chi connectivity index (χ2n) is 4.98. The minimum Gasteiger partial charge on any atom is -0.393 e. The predicted molar refractivity (Wildman–Crippen MR) is 65.0 cm³/mol. The Morgan fingerprint density at radius 1 is 1.44 bits per heavy atom. The van der Waals surface area contributed by atoms with Crippen LogP contribution in [-0.2, 0) is 4.79 Å². The fraction of sp³-hybridized carbons (Fsp3) is 0.923. The second kappa shape index (κ2) is 6.89. The van der Waals surface area contributed by atoms with Crippen molar-refractivity contribution in [2.75, 3.05) is 6.54 Å². The molecule has 1 aliphatic rings. The molecule has 0 radical (unpaired) electrons. The van der Waals surface area contributed by atoms with Gasteiger partial charge in [-0.05, 0) is 31.6 Å². The van der Waals surface area contributed by atoms with E-state index in [1.165, 1.54) is 0 Å². The van der Waals surface area contributed by atoms with Crippen LogP contribution in [0.4, 0.5) is 0 Å². The van der Waals surface area contributed by atoms with Gasteiger partial charge in [0.25, 0.3) is 0 Å². The third-order valence-electron chi connectivity index (χ3n) is 3.55. The van der Waals surface area contributed by atoms with Crippen molar-refractivity contribution < 1.29 is 9.90 Å². The van der Waals surface area contributed by atoms with Gasteiger partial charge >= 0.3 is 0 Å². The molecule has 0 aromatic rings. The normalized spacial score (nSPS) is 25.9. The Balaban J connectivity index is 2.16. The molecular formula is C13H25NO2. The van der Waals surface area contributed by atoms with Crippen molar-refractivity contribution in [2.24, 2.45) is 11.8 Å². The molecule has 3 nitrogen and oxygen atoms in total. The maximum atomic E-state index is 11.8. The average molecular weight is 227 g/mol. The van der Waals surface area contributed by atoms with Crippen molar-refractivity contribution in [1.82, 2.24) is 5.32 Å². The third-order valence-corrected chi connectivity index (χ3v) is 3.55. The zero-order valence-electron chi connectivity index (χ0n) is 10.5. The van der Waals surface area contributed by atoms with E-state index in [9.17, 15) is 4.79 Å². The number of amides is 1. The lowest BCUT2D eigenvalue weighted by molar-refractivity contribution is -0.126. The van der Waals surface area contributed by atoms with Crippen LogP contribution in [0.5, 0.6) is 0 Å². The Bertz CT molecular complexity index is 212. The van der Waals surface area contributed by atoms with E-state index in [0.29, 0.717) is 5.92 Å². The highest BCUT2D eigenvalue weighted by Gasteiger charge is 2.27. The summed E-state index contributed by atoms with van der Waals surface area (Å²) in [7, 11) is 0. The lowest BCUT2D eigenvalue weighted by Gasteiger charge is -2.31. The minimum absolute atomic E-state index is 0.121. The van der Waals surface area contributed by atoms with E-state index in [1.54, 1.807) is 0 Å². The molecule has 0 saturated heterocycles. The lowest BCUT2D eigenvalue weighted by Crippen LogP contribution is -2.40. The molecule has 1 unspecified atom stereocenters. The molecule has 0 heterocycles. The van der Waals surface area contributed by atoms with E-state index < -0.39 is 0 Å². The average Bonchev–Trinajstić information content (AvgIpc) is 2.24. The first-order chi connectivity index (χ1) is 7.67. The number of carbonyl (C=O) groups excluding carboxylic acids is 1. The predicted octanol–water partition coefficient (Wildman–Crippen LogP) is 2.09. The van der Waals surface area contributed by atoms with E-state index in [2.05, 4.69) is 19.2 Å². The van der Waals surface area contributed by atoms with Crippen LogP contribution in [0.25, 0.3) is 0 Å². The number of unbranched alkanes of at least 4 members (excludes halogenated alkanes) is 1. The first-order valence-electron chi connectivity index (χ1n) is 6.63. The summed E-state index contributed by atoms with van der Waals surface area (Å²) in [6.45, 7) is 4.98. The van der Waals surface area contributed by atoms with Crippen LogP contribution in [0, 0.1) is 11.8 Å². The summed E-state index contributed by atoms with van der Waals surface area (Å²) < 4.78 is 0. The number of aliphatic hydroxyl groups is 1. The molecule has 0 aliphatic heterocycles. The summed E-state index contributed by atoms with van der Waals surface area (Å²) in [5, 5.41) is 12.2. The zero-order valence-corrected chi connectivity index (χ0v) is 10.5. The van der Waals surface area contributed by atoms with E-state index in [1.807, 2.05) is 0 Å². The molecule has 0 spiro atoms. The van der Waals surface area contributed by atoms with Crippen molar-refractivity contribution in [2.45, 2.75) is 58.5 Å². The van der Waals surface area contributed by atoms with Gasteiger partial charge in [0.05, 0.1) is 6.10 Å². The molecule has 1 atom stereocenters. The molecule has 1 fully saturated rings. The molecule has 1 saturated carbocycles. The van der Waals surface area contributed by atoms with Crippen LogP contribution in [-0.4, -0.2) is 23.7 Å². The molecule has 0 aromatic heterocycles. The summed E-state index contributed by atoms with van der Waals surface area (Å²) in [5.41, 5.74) is 0. The molecule has 0 aromatic carbocycles. The van der Waals surface area contributed by atoms with Crippen molar-refractivity contribution in [1.29, 1.82) is 0 Å². The van der Waals surface area contributed by atoms with Crippen LogP contribution in [0.3, 0.4) is 0 Å². The van der Waals surface area contributed by atoms with E-state index >= 15 is 0 Å². The Kier molecular flexibility index (Phi) is 5.81. The van der Waals surface area contributed by atoms with E-state index in [0.717, 1.165) is 45.1 Å². The van der Waals surface area contributed by atoms with Gasteiger partial charge in [-0.15, -0.1) is 0 Å².